The van der Waals surface area contributed by atoms with Crippen LogP contribution in [-0.2, 0) is 4.74 Å². The fraction of sp³-hybridized carbons (Fsp3) is 1.00. The van der Waals surface area contributed by atoms with Gasteiger partial charge in [-0.25, -0.2) is 0 Å². The van der Waals surface area contributed by atoms with Gasteiger partial charge in [-0.15, -0.1) is 0 Å². The van der Waals surface area contributed by atoms with Crippen LogP contribution in [0.2, 0.25) is 0 Å². The highest BCUT2D eigenvalue weighted by atomic mass is 16.5. The highest BCUT2D eigenvalue weighted by Gasteiger charge is 2.31. The topological polar surface area (TPSA) is 15.7 Å². The van der Waals surface area contributed by atoms with Crippen LogP contribution in [0.1, 0.15) is 41.5 Å². The van der Waals surface area contributed by atoms with Gasteiger partial charge in [0.05, 0.1) is 6.67 Å². The number of hydrogen-bond acceptors (Lipinski definition) is 3. The molecular formula is C11H24N2O. The van der Waals surface area contributed by atoms with Crippen molar-refractivity contribution in [1.82, 2.24) is 9.80 Å². The maximum absolute atomic E-state index is 5.60. The van der Waals surface area contributed by atoms with E-state index < -0.39 is 0 Å². The lowest BCUT2D eigenvalue weighted by Crippen LogP contribution is -2.58. The van der Waals surface area contributed by atoms with E-state index in [1.165, 1.54) is 0 Å². The van der Waals surface area contributed by atoms with Gasteiger partial charge in [-0.05, 0) is 41.5 Å². The summed E-state index contributed by atoms with van der Waals surface area (Å²) in [4.78, 5) is 4.70. The monoisotopic (exact) mass is 200 g/mol. The Morgan fingerprint density at radius 3 is 1.43 bits per heavy atom. The summed E-state index contributed by atoms with van der Waals surface area (Å²) in [6.07, 6.45) is 0. The number of nitrogens with zero attached hydrogens (tertiary/aromatic N) is 2. The van der Waals surface area contributed by atoms with Gasteiger partial charge in [0.1, 0.15) is 13.5 Å². The third-order valence-corrected chi connectivity index (χ3v) is 2.73. The standard InChI is InChI=1S/C11H24N2O/c1-10(2,3)12-7-13(9-14-8-12)11(4,5)6/h7-9H2,1-6H3. The predicted molar refractivity (Wildman–Crippen MR) is 58.9 cm³/mol. The maximum atomic E-state index is 5.60. The Hall–Kier alpha value is -0.120. The van der Waals surface area contributed by atoms with Crippen molar-refractivity contribution < 1.29 is 4.74 Å². The van der Waals surface area contributed by atoms with Crippen LogP contribution in [0.3, 0.4) is 0 Å². The minimum atomic E-state index is 0.184. The highest BCUT2D eigenvalue weighted by molar-refractivity contribution is 4.81. The molecule has 14 heavy (non-hydrogen) atoms. The van der Waals surface area contributed by atoms with Crippen molar-refractivity contribution >= 4 is 0 Å². The second-order valence-electron chi connectivity index (χ2n) is 6.03. The summed E-state index contributed by atoms with van der Waals surface area (Å²) in [6, 6.07) is 0. The summed E-state index contributed by atoms with van der Waals surface area (Å²) in [6.45, 7) is 15.8. The minimum Gasteiger partial charge on any atom is -0.351 e. The van der Waals surface area contributed by atoms with Crippen molar-refractivity contribution in [2.75, 3.05) is 20.1 Å². The first-order valence-corrected chi connectivity index (χ1v) is 5.29. The summed E-state index contributed by atoms with van der Waals surface area (Å²) < 4.78 is 5.60. The van der Waals surface area contributed by atoms with E-state index in [1.807, 2.05) is 0 Å². The van der Waals surface area contributed by atoms with E-state index in [1.54, 1.807) is 0 Å². The SMILES string of the molecule is CC(C)(C)N1COCN(C(C)(C)C)C1. The average Bonchev–Trinajstić information content (AvgIpc) is 2.01. The lowest BCUT2D eigenvalue weighted by Gasteiger charge is -2.47. The van der Waals surface area contributed by atoms with Crippen LogP contribution in [-0.4, -0.2) is 41.0 Å². The quantitative estimate of drug-likeness (QED) is 0.595. The Labute approximate surface area is 88.0 Å². The van der Waals surface area contributed by atoms with Gasteiger partial charge < -0.3 is 4.74 Å². The molecule has 0 atom stereocenters. The first-order valence-electron chi connectivity index (χ1n) is 5.29. The Balaban J connectivity index is 2.61. The fourth-order valence-electron chi connectivity index (χ4n) is 1.36. The lowest BCUT2D eigenvalue weighted by atomic mass is 10.1. The molecule has 1 aliphatic heterocycles. The molecule has 3 nitrogen and oxygen atoms in total. The smallest absolute Gasteiger partial charge is 0.102 e. The minimum absolute atomic E-state index is 0.184. The average molecular weight is 200 g/mol. The summed E-state index contributed by atoms with van der Waals surface area (Å²) in [5, 5.41) is 0. The molecule has 0 aromatic heterocycles. The van der Waals surface area contributed by atoms with Gasteiger partial charge in [-0.2, -0.15) is 0 Å². The van der Waals surface area contributed by atoms with Crippen molar-refractivity contribution in [3.05, 3.63) is 0 Å². The molecule has 0 aromatic rings. The van der Waals surface area contributed by atoms with Crippen LogP contribution in [0.5, 0.6) is 0 Å². The summed E-state index contributed by atoms with van der Waals surface area (Å²) in [7, 11) is 0. The molecule has 1 fully saturated rings. The highest BCUT2D eigenvalue weighted by Crippen LogP contribution is 2.22. The van der Waals surface area contributed by atoms with Gasteiger partial charge in [0.25, 0.3) is 0 Å². The normalized spacial score (nSPS) is 22.7. The van der Waals surface area contributed by atoms with Crippen LogP contribution >= 0.6 is 0 Å². The van der Waals surface area contributed by atoms with Crippen LogP contribution in [0.25, 0.3) is 0 Å². The molecule has 0 radical (unpaired) electrons. The van der Waals surface area contributed by atoms with Crippen LogP contribution in [0, 0.1) is 0 Å². The second kappa shape index (κ2) is 3.80. The maximum Gasteiger partial charge on any atom is 0.102 e. The number of rotatable bonds is 0. The molecule has 0 aliphatic carbocycles. The van der Waals surface area contributed by atoms with Crippen molar-refractivity contribution in [3.63, 3.8) is 0 Å². The predicted octanol–water partition coefficient (Wildman–Crippen LogP) is 2.09. The summed E-state index contributed by atoms with van der Waals surface area (Å²) in [5.74, 6) is 0. The fourth-order valence-corrected chi connectivity index (χ4v) is 1.36. The lowest BCUT2D eigenvalue weighted by molar-refractivity contribution is -0.165. The zero-order chi connectivity index (χ0) is 11.0. The van der Waals surface area contributed by atoms with E-state index in [0.29, 0.717) is 0 Å². The molecule has 0 amide bonds. The molecule has 84 valence electrons. The van der Waals surface area contributed by atoms with Crippen LogP contribution in [0.15, 0.2) is 0 Å². The Kier molecular flexibility index (Phi) is 3.24. The molecule has 1 heterocycles. The molecule has 1 aliphatic rings. The van der Waals surface area contributed by atoms with Gasteiger partial charge in [0.15, 0.2) is 0 Å². The van der Waals surface area contributed by atoms with Gasteiger partial charge in [-0.1, -0.05) is 0 Å². The van der Waals surface area contributed by atoms with Gasteiger partial charge >= 0.3 is 0 Å². The van der Waals surface area contributed by atoms with Crippen molar-refractivity contribution in [3.8, 4) is 0 Å². The van der Waals surface area contributed by atoms with Gasteiger partial charge in [0, 0.05) is 11.1 Å². The first-order chi connectivity index (χ1) is 6.21. The van der Waals surface area contributed by atoms with Crippen molar-refractivity contribution in [1.29, 1.82) is 0 Å². The molecule has 0 saturated carbocycles. The van der Waals surface area contributed by atoms with E-state index in [4.69, 9.17) is 4.74 Å². The van der Waals surface area contributed by atoms with Crippen molar-refractivity contribution in [2.45, 2.75) is 52.6 Å². The molecule has 1 saturated heterocycles. The van der Waals surface area contributed by atoms with E-state index in [9.17, 15) is 0 Å². The summed E-state index contributed by atoms with van der Waals surface area (Å²) in [5.41, 5.74) is 0.369. The molecule has 1 rings (SSSR count). The second-order valence-corrected chi connectivity index (χ2v) is 6.03. The van der Waals surface area contributed by atoms with Gasteiger partial charge in [-0.3, -0.25) is 9.80 Å². The third-order valence-electron chi connectivity index (χ3n) is 2.73. The van der Waals surface area contributed by atoms with E-state index in [2.05, 4.69) is 51.3 Å². The van der Waals surface area contributed by atoms with Crippen molar-refractivity contribution in [2.24, 2.45) is 0 Å². The molecule has 0 unspecified atom stereocenters. The van der Waals surface area contributed by atoms with Crippen LogP contribution < -0.4 is 0 Å². The van der Waals surface area contributed by atoms with E-state index >= 15 is 0 Å². The van der Waals surface area contributed by atoms with Crippen LogP contribution in [0.4, 0.5) is 0 Å². The van der Waals surface area contributed by atoms with E-state index in [0.717, 1.165) is 20.1 Å². The Morgan fingerprint density at radius 2 is 1.14 bits per heavy atom. The molecular weight excluding hydrogens is 176 g/mol. The Morgan fingerprint density at radius 1 is 0.786 bits per heavy atom. The van der Waals surface area contributed by atoms with Gasteiger partial charge in [0.2, 0.25) is 0 Å². The third kappa shape index (κ3) is 2.94. The zero-order valence-electron chi connectivity index (χ0n) is 10.4. The molecule has 0 aromatic carbocycles. The molecule has 0 bridgehead atoms. The first kappa shape index (κ1) is 12.0. The molecule has 0 spiro atoms. The van der Waals surface area contributed by atoms with E-state index in [-0.39, 0.29) is 11.1 Å². The number of hydrogen-bond donors (Lipinski definition) is 0. The zero-order valence-corrected chi connectivity index (χ0v) is 10.4. The Bertz CT molecular complexity index is 170. The largest absolute Gasteiger partial charge is 0.351 e. The molecule has 0 N–H and O–H groups in total. The number of ether oxygens (including phenoxy) is 1. The summed E-state index contributed by atoms with van der Waals surface area (Å²) >= 11 is 0. The molecule has 3 heteroatoms.